The number of carbonyl (C=O) groups excluding carboxylic acids is 2. The summed E-state index contributed by atoms with van der Waals surface area (Å²) in [4.78, 5) is 40.0. The number of rotatable bonds is 11. The number of carboxylic acids is 1. The fraction of sp³-hybridized carbons (Fsp3) is 0.294. The van der Waals surface area contributed by atoms with E-state index in [9.17, 15) is 40.7 Å². The van der Waals surface area contributed by atoms with Crippen molar-refractivity contribution in [3.63, 3.8) is 0 Å². The molecule has 0 atom stereocenters. The minimum Gasteiger partial charge on any atom is -0.492 e. The Bertz CT molecular complexity index is 1810. The van der Waals surface area contributed by atoms with Crippen LogP contribution in [0.4, 0.5) is 26.3 Å². The van der Waals surface area contributed by atoms with Gasteiger partial charge in [0.15, 0.2) is 0 Å². The fourth-order valence-electron chi connectivity index (χ4n) is 5.10. The Morgan fingerprint density at radius 2 is 1.57 bits per heavy atom. The Morgan fingerprint density at radius 3 is 2.18 bits per heavy atom. The van der Waals surface area contributed by atoms with Crippen molar-refractivity contribution in [2.75, 3.05) is 46.0 Å². The second kappa shape index (κ2) is 15.8. The van der Waals surface area contributed by atoms with Crippen LogP contribution < -0.4 is 9.47 Å². The van der Waals surface area contributed by atoms with Crippen LogP contribution >= 0.6 is 24.0 Å². The average Bonchev–Trinajstić information content (AvgIpc) is 3.34. The second-order valence-electron chi connectivity index (χ2n) is 11.2. The lowest BCUT2D eigenvalue weighted by molar-refractivity contribution is -0.143. The van der Waals surface area contributed by atoms with Crippen molar-refractivity contribution < 1.29 is 60.0 Å². The summed E-state index contributed by atoms with van der Waals surface area (Å²) in [6, 6.07) is 10.7. The molecule has 3 aromatic rings. The molecule has 2 saturated heterocycles. The number of nitrogens with zero attached hydrogens (tertiary/aromatic N) is 2. The number of thioether (sulfide) groups is 1. The molecule has 5 rings (SSSR count). The Hall–Kier alpha value is -4.45. The van der Waals surface area contributed by atoms with E-state index in [2.05, 4.69) is 0 Å². The Balaban J connectivity index is 1.38. The van der Waals surface area contributed by atoms with E-state index in [1.54, 1.807) is 0 Å². The number of aromatic carboxylic acids is 1. The Labute approximate surface area is 296 Å². The van der Waals surface area contributed by atoms with Crippen LogP contribution in [0, 0.1) is 0 Å². The van der Waals surface area contributed by atoms with Crippen LogP contribution in [-0.2, 0) is 26.7 Å². The number of halogens is 6. The van der Waals surface area contributed by atoms with Crippen LogP contribution in [0.15, 0.2) is 65.6 Å². The van der Waals surface area contributed by atoms with E-state index in [0.29, 0.717) is 45.0 Å². The van der Waals surface area contributed by atoms with Gasteiger partial charge in [0.05, 0.1) is 41.2 Å². The fourth-order valence-corrected chi connectivity index (χ4v) is 6.41. The van der Waals surface area contributed by atoms with E-state index in [1.165, 1.54) is 48.5 Å². The molecule has 0 radical (unpaired) electrons. The molecular formula is C34H28F6N2O7S2. The SMILES string of the molecule is O=C(CCN1C(=O)C(=Cc2ccc(OCCN3CCOCC3)c(-c3cc(C(F)(F)F)cc(C(F)(F)F)c3)c2)SC1=S)Oc1ccc(C(=O)O)cc1. The van der Waals surface area contributed by atoms with Gasteiger partial charge in [0.25, 0.3) is 5.91 Å². The van der Waals surface area contributed by atoms with Crippen LogP contribution in [-0.4, -0.2) is 83.1 Å². The van der Waals surface area contributed by atoms with Crippen molar-refractivity contribution in [1.82, 2.24) is 9.80 Å². The summed E-state index contributed by atoms with van der Waals surface area (Å²) in [7, 11) is 0. The van der Waals surface area contributed by atoms with E-state index < -0.39 is 46.9 Å². The number of benzene rings is 3. The summed E-state index contributed by atoms with van der Waals surface area (Å²) in [6.07, 6.45) is -9.02. The highest BCUT2D eigenvalue weighted by Crippen LogP contribution is 2.42. The van der Waals surface area contributed by atoms with Crippen molar-refractivity contribution in [3.05, 3.63) is 87.8 Å². The lowest BCUT2D eigenvalue weighted by Crippen LogP contribution is -2.38. The van der Waals surface area contributed by atoms with Gasteiger partial charge in [-0.1, -0.05) is 30.0 Å². The highest BCUT2D eigenvalue weighted by molar-refractivity contribution is 8.26. The topological polar surface area (TPSA) is 106 Å². The maximum atomic E-state index is 13.8. The third-order valence-corrected chi connectivity index (χ3v) is 9.09. The second-order valence-corrected chi connectivity index (χ2v) is 12.9. The number of carboxylic acid groups (broad SMARTS) is 1. The quantitative estimate of drug-likeness (QED) is 0.0724. The minimum absolute atomic E-state index is 0.00176. The third kappa shape index (κ3) is 9.87. The molecule has 51 heavy (non-hydrogen) atoms. The monoisotopic (exact) mass is 754 g/mol. The van der Waals surface area contributed by atoms with Crippen molar-refractivity contribution >= 4 is 52.2 Å². The summed E-state index contributed by atoms with van der Waals surface area (Å²) >= 11 is 6.23. The molecule has 2 aliphatic heterocycles. The third-order valence-electron chi connectivity index (χ3n) is 7.71. The molecule has 1 amide bonds. The van der Waals surface area contributed by atoms with E-state index in [-0.39, 0.29) is 63.1 Å². The molecule has 0 unspecified atom stereocenters. The molecule has 2 heterocycles. The summed E-state index contributed by atoms with van der Waals surface area (Å²) in [5.74, 6) is -2.31. The summed E-state index contributed by atoms with van der Waals surface area (Å²) in [5, 5.41) is 9.00. The average molecular weight is 755 g/mol. The van der Waals surface area contributed by atoms with Gasteiger partial charge in [-0.15, -0.1) is 0 Å². The molecule has 0 saturated carbocycles. The number of ether oxygens (including phenoxy) is 3. The zero-order valence-electron chi connectivity index (χ0n) is 26.4. The van der Waals surface area contributed by atoms with E-state index in [0.717, 1.165) is 16.7 Å². The van der Waals surface area contributed by atoms with Gasteiger partial charge in [0.1, 0.15) is 22.4 Å². The first-order chi connectivity index (χ1) is 24.1. The van der Waals surface area contributed by atoms with E-state index >= 15 is 0 Å². The Kier molecular flexibility index (Phi) is 11.7. The molecule has 2 fully saturated rings. The maximum absolute atomic E-state index is 13.8. The highest BCUT2D eigenvalue weighted by atomic mass is 32.2. The summed E-state index contributed by atoms with van der Waals surface area (Å²) in [6.45, 7) is 2.69. The van der Waals surface area contributed by atoms with Crippen molar-refractivity contribution in [3.8, 4) is 22.6 Å². The number of alkyl halides is 6. The van der Waals surface area contributed by atoms with E-state index in [1.807, 2.05) is 4.90 Å². The highest BCUT2D eigenvalue weighted by Gasteiger charge is 2.37. The van der Waals surface area contributed by atoms with Gasteiger partial charge in [-0.2, -0.15) is 26.3 Å². The van der Waals surface area contributed by atoms with Crippen LogP contribution in [0.2, 0.25) is 0 Å². The number of carbonyl (C=O) groups is 3. The summed E-state index contributed by atoms with van der Waals surface area (Å²) < 4.78 is 99.1. The first-order valence-electron chi connectivity index (χ1n) is 15.2. The lowest BCUT2D eigenvalue weighted by atomic mass is 9.96. The van der Waals surface area contributed by atoms with Crippen LogP contribution in [0.25, 0.3) is 17.2 Å². The maximum Gasteiger partial charge on any atom is 0.416 e. The standard InChI is InChI=1S/C34H28F6N2O7S2/c35-33(36,37)23-17-22(18-24(19-23)34(38,39)40)26-15-20(1-6-27(26)48-14-11-41-9-12-47-13-10-41)16-28-30(44)42(32(50)51-28)8-7-29(43)49-25-4-2-21(3-5-25)31(45)46/h1-6,15-19H,7-14H2,(H,45,46). The van der Waals surface area contributed by atoms with Crippen molar-refractivity contribution in [2.24, 2.45) is 0 Å². The number of hydrogen-bond acceptors (Lipinski definition) is 9. The molecule has 0 spiro atoms. The normalized spacial score (nSPS) is 16.5. The smallest absolute Gasteiger partial charge is 0.416 e. The van der Waals surface area contributed by atoms with Gasteiger partial charge in [0, 0.05) is 31.7 Å². The minimum atomic E-state index is -5.07. The number of amides is 1. The van der Waals surface area contributed by atoms with Crippen LogP contribution in [0.5, 0.6) is 11.5 Å². The molecule has 2 aliphatic rings. The number of esters is 1. The van der Waals surface area contributed by atoms with Gasteiger partial charge < -0.3 is 19.3 Å². The largest absolute Gasteiger partial charge is 0.492 e. The van der Waals surface area contributed by atoms with Gasteiger partial charge in [-0.3, -0.25) is 19.4 Å². The molecular weight excluding hydrogens is 727 g/mol. The zero-order chi connectivity index (χ0) is 36.9. The molecule has 3 aromatic carbocycles. The van der Waals surface area contributed by atoms with Crippen molar-refractivity contribution in [1.29, 1.82) is 0 Å². The van der Waals surface area contributed by atoms with Crippen LogP contribution in [0.3, 0.4) is 0 Å². The number of morpholine rings is 1. The summed E-state index contributed by atoms with van der Waals surface area (Å²) in [5.41, 5.74) is -3.17. The molecule has 0 aliphatic carbocycles. The zero-order valence-corrected chi connectivity index (χ0v) is 28.0. The van der Waals surface area contributed by atoms with Gasteiger partial charge in [0.2, 0.25) is 0 Å². The van der Waals surface area contributed by atoms with E-state index in [4.69, 9.17) is 31.5 Å². The lowest BCUT2D eigenvalue weighted by Gasteiger charge is -2.26. The molecule has 17 heteroatoms. The van der Waals surface area contributed by atoms with Gasteiger partial charge in [-0.25, -0.2) is 4.79 Å². The molecule has 9 nitrogen and oxygen atoms in total. The van der Waals surface area contributed by atoms with Crippen LogP contribution in [0.1, 0.15) is 33.5 Å². The Morgan fingerprint density at radius 1 is 0.922 bits per heavy atom. The van der Waals surface area contributed by atoms with Crippen molar-refractivity contribution in [2.45, 2.75) is 18.8 Å². The molecule has 0 aromatic heterocycles. The predicted octanol–water partition coefficient (Wildman–Crippen LogP) is 7.00. The molecule has 1 N–H and O–H groups in total. The first kappa shape index (κ1) is 37.8. The predicted molar refractivity (Wildman–Crippen MR) is 178 cm³/mol. The number of hydrogen-bond donors (Lipinski definition) is 1. The first-order valence-corrected chi connectivity index (χ1v) is 16.5. The molecule has 270 valence electrons. The van der Waals surface area contributed by atoms with Gasteiger partial charge in [-0.05, 0) is 71.8 Å². The molecule has 0 bridgehead atoms. The van der Waals surface area contributed by atoms with Gasteiger partial charge >= 0.3 is 24.3 Å². The number of thiocarbonyl (C=S) groups is 1.